The lowest BCUT2D eigenvalue weighted by molar-refractivity contribution is 0.0691. The Balaban J connectivity index is 1.76. The SMILES string of the molecule is CC1CCN(C(=O)c2cc(C(=O)Nc3c(Cl)cccc3Cl)ccn2)CC1. The number of likely N-dealkylation sites (tertiary alicyclic amines) is 1. The lowest BCUT2D eigenvalue weighted by atomic mass is 9.99. The summed E-state index contributed by atoms with van der Waals surface area (Å²) in [6.07, 6.45) is 3.43. The van der Waals surface area contributed by atoms with Crippen LogP contribution in [-0.4, -0.2) is 34.8 Å². The van der Waals surface area contributed by atoms with Crippen LogP contribution in [0.3, 0.4) is 0 Å². The normalized spacial score (nSPS) is 15.0. The Kier molecular flexibility index (Phi) is 5.79. The number of para-hydroxylation sites is 1. The maximum Gasteiger partial charge on any atom is 0.272 e. The fourth-order valence-corrected chi connectivity index (χ4v) is 3.36. The molecule has 136 valence electrons. The number of carbonyl (C=O) groups is 2. The number of hydrogen-bond acceptors (Lipinski definition) is 3. The van der Waals surface area contributed by atoms with E-state index in [1.807, 2.05) is 0 Å². The van der Waals surface area contributed by atoms with E-state index in [0.29, 0.717) is 40.3 Å². The molecule has 1 N–H and O–H groups in total. The van der Waals surface area contributed by atoms with Gasteiger partial charge in [0.25, 0.3) is 11.8 Å². The molecule has 1 aromatic heterocycles. The molecule has 0 atom stereocenters. The molecule has 7 heteroatoms. The molecular weight excluding hydrogens is 373 g/mol. The lowest BCUT2D eigenvalue weighted by Crippen LogP contribution is -2.38. The number of piperidine rings is 1. The van der Waals surface area contributed by atoms with Crippen LogP contribution < -0.4 is 5.32 Å². The van der Waals surface area contributed by atoms with Crippen LogP contribution in [0.25, 0.3) is 0 Å². The van der Waals surface area contributed by atoms with Gasteiger partial charge in [0.05, 0.1) is 15.7 Å². The molecule has 0 unspecified atom stereocenters. The van der Waals surface area contributed by atoms with Gasteiger partial charge in [-0.3, -0.25) is 14.6 Å². The molecule has 1 aromatic carbocycles. The van der Waals surface area contributed by atoms with E-state index >= 15 is 0 Å². The fraction of sp³-hybridized carbons (Fsp3) is 0.316. The topological polar surface area (TPSA) is 62.3 Å². The number of aromatic nitrogens is 1. The van der Waals surface area contributed by atoms with E-state index in [9.17, 15) is 9.59 Å². The number of nitrogens with zero attached hydrogens (tertiary/aromatic N) is 2. The highest BCUT2D eigenvalue weighted by molar-refractivity contribution is 6.40. The van der Waals surface area contributed by atoms with Gasteiger partial charge < -0.3 is 10.2 Å². The summed E-state index contributed by atoms with van der Waals surface area (Å²) in [7, 11) is 0. The number of amides is 2. The predicted octanol–water partition coefficient (Wildman–Crippen LogP) is 4.51. The zero-order valence-electron chi connectivity index (χ0n) is 14.3. The molecule has 0 saturated carbocycles. The molecule has 5 nitrogen and oxygen atoms in total. The van der Waals surface area contributed by atoms with Gasteiger partial charge in [-0.1, -0.05) is 36.2 Å². The van der Waals surface area contributed by atoms with E-state index in [0.717, 1.165) is 12.8 Å². The number of benzene rings is 1. The first-order valence-electron chi connectivity index (χ1n) is 8.46. The van der Waals surface area contributed by atoms with Gasteiger partial charge in [0.2, 0.25) is 0 Å². The third-order valence-corrected chi connectivity index (χ3v) is 5.14. The molecule has 2 amide bonds. The Morgan fingerprint density at radius 2 is 1.81 bits per heavy atom. The number of halogens is 2. The van der Waals surface area contributed by atoms with Crippen molar-refractivity contribution in [3.8, 4) is 0 Å². The van der Waals surface area contributed by atoms with Crippen LogP contribution in [0.2, 0.25) is 10.0 Å². The van der Waals surface area contributed by atoms with Crippen molar-refractivity contribution in [2.24, 2.45) is 5.92 Å². The van der Waals surface area contributed by atoms with Crippen molar-refractivity contribution in [1.29, 1.82) is 0 Å². The van der Waals surface area contributed by atoms with Gasteiger partial charge in [-0.25, -0.2) is 0 Å². The molecule has 1 aliphatic heterocycles. The Labute approximate surface area is 162 Å². The van der Waals surface area contributed by atoms with Gasteiger partial charge in [-0.15, -0.1) is 0 Å². The Hall–Kier alpha value is -2.11. The summed E-state index contributed by atoms with van der Waals surface area (Å²) in [5.74, 6) is 0.0792. The molecule has 1 fully saturated rings. The summed E-state index contributed by atoms with van der Waals surface area (Å²) in [4.78, 5) is 31.1. The van der Waals surface area contributed by atoms with Crippen LogP contribution in [-0.2, 0) is 0 Å². The van der Waals surface area contributed by atoms with Crippen molar-refractivity contribution in [2.45, 2.75) is 19.8 Å². The molecule has 0 bridgehead atoms. The van der Waals surface area contributed by atoms with Crippen molar-refractivity contribution in [2.75, 3.05) is 18.4 Å². The Morgan fingerprint density at radius 3 is 2.46 bits per heavy atom. The zero-order chi connectivity index (χ0) is 18.7. The zero-order valence-corrected chi connectivity index (χ0v) is 15.8. The van der Waals surface area contributed by atoms with Gasteiger partial charge in [0.15, 0.2) is 0 Å². The number of pyridine rings is 1. The highest BCUT2D eigenvalue weighted by Crippen LogP contribution is 2.30. The summed E-state index contributed by atoms with van der Waals surface area (Å²) in [5, 5.41) is 3.38. The molecule has 1 aliphatic rings. The van der Waals surface area contributed by atoms with Gasteiger partial charge in [-0.2, -0.15) is 0 Å². The quantitative estimate of drug-likeness (QED) is 0.836. The second-order valence-corrected chi connectivity index (χ2v) is 7.27. The second-order valence-electron chi connectivity index (χ2n) is 6.46. The van der Waals surface area contributed by atoms with Gasteiger partial charge in [0, 0.05) is 24.8 Å². The van der Waals surface area contributed by atoms with Gasteiger partial charge >= 0.3 is 0 Å². The van der Waals surface area contributed by atoms with Crippen molar-refractivity contribution < 1.29 is 9.59 Å². The van der Waals surface area contributed by atoms with E-state index in [1.165, 1.54) is 12.3 Å². The van der Waals surface area contributed by atoms with E-state index in [-0.39, 0.29) is 11.6 Å². The van der Waals surface area contributed by atoms with E-state index < -0.39 is 5.91 Å². The van der Waals surface area contributed by atoms with E-state index in [4.69, 9.17) is 23.2 Å². The first kappa shape index (κ1) is 18.7. The average Bonchev–Trinajstić information content (AvgIpc) is 2.65. The fourth-order valence-electron chi connectivity index (χ4n) is 2.87. The number of carbonyl (C=O) groups excluding carboxylic acids is 2. The Morgan fingerprint density at radius 1 is 1.15 bits per heavy atom. The first-order valence-corrected chi connectivity index (χ1v) is 9.22. The minimum Gasteiger partial charge on any atom is -0.337 e. The molecule has 2 heterocycles. The number of hydrogen-bond donors (Lipinski definition) is 1. The van der Waals surface area contributed by atoms with E-state index in [2.05, 4.69) is 17.2 Å². The summed E-state index contributed by atoms with van der Waals surface area (Å²) >= 11 is 12.2. The highest BCUT2D eigenvalue weighted by Gasteiger charge is 2.23. The van der Waals surface area contributed by atoms with Crippen molar-refractivity contribution in [3.63, 3.8) is 0 Å². The minimum absolute atomic E-state index is 0.151. The Bertz CT molecular complexity index is 813. The van der Waals surface area contributed by atoms with Gasteiger partial charge in [-0.05, 0) is 43.0 Å². The molecular formula is C19H19Cl2N3O2. The smallest absolute Gasteiger partial charge is 0.272 e. The van der Waals surface area contributed by atoms with Crippen LogP contribution in [0.4, 0.5) is 5.69 Å². The van der Waals surface area contributed by atoms with Crippen molar-refractivity contribution >= 4 is 40.7 Å². The van der Waals surface area contributed by atoms with Crippen LogP contribution >= 0.6 is 23.2 Å². The molecule has 3 rings (SSSR count). The van der Waals surface area contributed by atoms with Crippen molar-refractivity contribution in [3.05, 3.63) is 57.8 Å². The van der Waals surface area contributed by atoms with E-state index in [1.54, 1.807) is 29.2 Å². The molecule has 0 spiro atoms. The number of anilines is 1. The van der Waals surface area contributed by atoms with Crippen LogP contribution in [0.1, 0.15) is 40.6 Å². The number of rotatable bonds is 3. The number of nitrogens with one attached hydrogen (secondary N) is 1. The lowest BCUT2D eigenvalue weighted by Gasteiger charge is -2.30. The standard InChI is InChI=1S/C19H19Cl2N3O2/c1-12-6-9-24(10-7-12)19(26)16-11-13(5-8-22-16)18(25)23-17-14(20)3-2-4-15(17)21/h2-5,8,11-12H,6-7,9-10H2,1H3,(H,23,25). The third-order valence-electron chi connectivity index (χ3n) is 4.51. The third kappa shape index (κ3) is 4.17. The average molecular weight is 392 g/mol. The van der Waals surface area contributed by atoms with Crippen LogP contribution in [0, 0.1) is 5.92 Å². The predicted molar refractivity (Wildman–Crippen MR) is 103 cm³/mol. The summed E-state index contributed by atoms with van der Waals surface area (Å²) < 4.78 is 0. The largest absolute Gasteiger partial charge is 0.337 e. The highest BCUT2D eigenvalue weighted by atomic mass is 35.5. The maximum absolute atomic E-state index is 12.6. The molecule has 0 aliphatic carbocycles. The van der Waals surface area contributed by atoms with Crippen LogP contribution in [0.5, 0.6) is 0 Å². The molecule has 2 aromatic rings. The molecule has 26 heavy (non-hydrogen) atoms. The summed E-state index contributed by atoms with van der Waals surface area (Å²) in [6.45, 7) is 3.62. The first-order chi connectivity index (χ1) is 12.5. The summed E-state index contributed by atoms with van der Waals surface area (Å²) in [6, 6.07) is 8.03. The molecule has 0 radical (unpaired) electrons. The second kappa shape index (κ2) is 8.06. The minimum atomic E-state index is -0.399. The maximum atomic E-state index is 12.6. The van der Waals surface area contributed by atoms with Crippen molar-refractivity contribution in [1.82, 2.24) is 9.88 Å². The van der Waals surface area contributed by atoms with Crippen LogP contribution in [0.15, 0.2) is 36.5 Å². The summed E-state index contributed by atoms with van der Waals surface area (Å²) in [5.41, 5.74) is 0.928. The monoisotopic (exact) mass is 391 g/mol. The molecule has 1 saturated heterocycles. The van der Waals surface area contributed by atoms with Gasteiger partial charge in [0.1, 0.15) is 5.69 Å².